The van der Waals surface area contributed by atoms with Gasteiger partial charge in [-0.05, 0) is 54.7 Å². The molecule has 1 heterocycles. The first-order valence-corrected chi connectivity index (χ1v) is 7.15. The van der Waals surface area contributed by atoms with E-state index < -0.39 is 6.10 Å². The fourth-order valence-electron chi connectivity index (χ4n) is 2.99. The first-order valence-electron chi connectivity index (χ1n) is 7.15. The Morgan fingerprint density at radius 1 is 1.14 bits per heavy atom. The summed E-state index contributed by atoms with van der Waals surface area (Å²) in [6, 6.07) is 9.86. The summed E-state index contributed by atoms with van der Waals surface area (Å²) >= 11 is 0. The highest BCUT2D eigenvalue weighted by Crippen LogP contribution is 2.35. The second-order valence-corrected chi connectivity index (χ2v) is 5.79. The molecule has 1 amide bonds. The molecular formula is C18H19NO2. The molecule has 0 aliphatic carbocycles. The van der Waals surface area contributed by atoms with Crippen molar-refractivity contribution in [1.29, 1.82) is 0 Å². The van der Waals surface area contributed by atoms with Gasteiger partial charge >= 0.3 is 0 Å². The first kappa shape index (κ1) is 13.8. The van der Waals surface area contributed by atoms with Gasteiger partial charge in [0, 0.05) is 5.69 Å². The molecule has 3 rings (SSSR count). The van der Waals surface area contributed by atoms with E-state index >= 15 is 0 Å². The van der Waals surface area contributed by atoms with Gasteiger partial charge in [0.2, 0.25) is 5.91 Å². The molecule has 0 bridgehead atoms. The van der Waals surface area contributed by atoms with Crippen molar-refractivity contribution in [3.8, 4) is 0 Å². The molecule has 1 aliphatic rings. The summed E-state index contributed by atoms with van der Waals surface area (Å²) in [6.07, 6.45) is -0.270. The van der Waals surface area contributed by atoms with Crippen LogP contribution in [0.5, 0.6) is 0 Å². The third-order valence-electron chi connectivity index (χ3n) is 4.29. The summed E-state index contributed by atoms with van der Waals surface area (Å²) in [4.78, 5) is 11.6. The predicted octanol–water partition coefficient (Wildman–Crippen LogP) is 3.19. The zero-order valence-corrected chi connectivity index (χ0v) is 12.5. The summed E-state index contributed by atoms with van der Waals surface area (Å²) < 4.78 is 0. The van der Waals surface area contributed by atoms with Crippen LogP contribution >= 0.6 is 0 Å². The maximum absolute atomic E-state index is 11.6. The van der Waals surface area contributed by atoms with Gasteiger partial charge in [-0.2, -0.15) is 0 Å². The normalized spacial score (nSPS) is 14.8. The Hall–Kier alpha value is -2.13. The number of anilines is 1. The molecule has 0 aromatic heterocycles. The molecule has 0 fully saturated rings. The molecule has 0 radical (unpaired) electrons. The van der Waals surface area contributed by atoms with E-state index in [0.29, 0.717) is 6.42 Å². The average Bonchev–Trinajstić information content (AvgIpc) is 2.83. The van der Waals surface area contributed by atoms with Crippen molar-refractivity contribution in [3.63, 3.8) is 0 Å². The predicted molar refractivity (Wildman–Crippen MR) is 83.5 cm³/mol. The molecule has 21 heavy (non-hydrogen) atoms. The van der Waals surface area contributed by atoms with Gasteiger partial charge in [-0.3, -0.25) is 4.79 Å². The van der Waals surface area contributed by atoms with Crippen LogP contribution in [0.3, 0.4) is 0 Å². The van der Waals surface area contributed by atoms with Gasteiger partial charge in [0.05, 0.1) is 6.42 Å². The highest BCUT2D eigenvalue weighted by molar-refractivity contribution is 6.00. The number of benzene rings is 2. The molecule has 1 atom stereocenters. The van der Waals surface area contributed by atoms with Gasteiger partial charge in [0.1, 0.15) is 6.10 Å². The molecular weight excluding hydrogens is 262 g/mol. The van der Waals surface area contributed by atoms with E-state index in [1.807, 2.05) is 51.1 Å². The summed E-state index contributed by atoms with van der Waals surface area (Å²) in [5.41, 5.74) is 6.86. The lowest BCUT2D eigenvalue weighted by Gasteiger charge is -2.19. The number of aliphatic hydroxyl groups is 1. The Morgan fingerprint density at radius 2 is 1.90 bits per heavy atom. The van der Waals surface area contributed by atoms with Gasteiger partial charge in [-0.1, -0.05) is 29.8 Å². The zero-order valence-electron chi connectivity index (χ0n) is 12.5. The molecule has 3 nitrogen and oxygen atoms in total. The van der Waals surface area contributed by atoms with Crippen molar-refractivity contribution in [2.24, 2.45) is 0 Å². The second-order valence-electron chi connectivity index (χ2n) is 5.79. The van der Waals surface area contributed by atoms with E-state index in [1.165, 1.54) is 0 Å². The van der Waals surface area contributed by atoms with E-state index in [0.717, 1.165) is 39.1 Å². The van der Waals surface area contributed by atoms with Crippen molar-refractivity contribution in [2.75, 3.05) is 5.32 Å². The average molecular weight is 281 g/mol. The van der Waals surface area contributed by atoms with Gasteiger partial charge in [0.15, 0.2) is 0 Å². The third-order valence-corrected chi connectivity index (χ3v) is 4.29. The number of aryl methyl sites for hydroxylation is 1. The standard InChI is InChI=1S/C18H19NO2/c1-10-5-4-6-13(7-10)18(21)15-8-14-9-16(20)19-17(14)12(3)11(15)2/h4-8,18,21H,9H2,1-3H3,(H,19,20). The van der Waals surface area contributed by atoms with Crippen LogP contribution in [0, 0.1) is 20.8 Å². The molecule has 0 spiro atoms. The molecule has 3 heteroatoms. The maximum Gasteiger partial charge on any atom is 0.228 e. The van der Waals surface area contributed by atoms with Crippen molar-refractivity contribution >= 4 is 11.6 Å². The number of rotatable bonds is 2. The minimum absolute atomic E-state index is 0.0229. The summed E-state index contributed by atoms with van der Waals surface area (Å²) in [5, 5.41) is 13.6. The van der Waals surface area contributed by atoms with Gasteiger partial charge in [0.25, 0.3) is 0 Å². The Kier molecular flexibility index (Phi) is 3.30. The number of amides is 1. The minimum Gasteiger partial charge on any atom is -0.384 e. The van der Waals surface area contributed by atoms with Gasteiger partial charge < -0.3 is 10.4 Å². The Bertz CT molecular complexity index is 734. The number of hydrogen-bond donors (Lipinski definition) is 2. The lowest BCUT2D eigenvalue weighted by molar-refractivity contribution is -0.115. The fourth-order valence-corrected chi connectivity index (χ4v) is 2.99. The first-order chi connectivity index (χ1) is 9.97. The monoisotopic (exact) mass is 281 g/mol. The van der Waals surface area contributed by atoms with E-state index in [2.05, 4.69) is 5.32 Å². The van der Waals surface area contributed by atoms with Crippen LogP contribution in [0.1, 0.15) is 39.5 Å². The largest absolute Gasteiger partial charge is 0.384 e. The second kappa shape index (κ2) is 5.01. The molecule has 2 aromatic rings. The molecule has 1 aliphatic heterocycles. The SMILES string of the molecule is Cc1cccc(C(O)c2cc3c(c(C)c2C)NC(=O)C3)c1. The van der Waals surface area contributed by atoms with E-state index in [9.17, 15) is 9.90 Å². The highest BCUT2D eigenvalue weighted by Gasteiger charge is 2.24. The van der Waals surface area contributed by atoms with Crippen molar-refractivity contribution in [1.82, 2.24) is 0 Å². The van der Waals surface area contributed by atoms with Crippen molar-refractivity contribution < 1.29 is 9.90 Å². The molecule has 108 valence electrons. The highest BCUT2D eigenvalue weighted by atomic mass is 16.3. The quantitative estimate of drug-likeness (QED) is 0.888. The van der Waals surface area contributed by atoms with Crippen LogP contribution in [-0.4, -0.2) is 11.0 Å². The number of hydrogen-bond acceptors (Lipinski definition) is 2. The van der Waals surface area contributed by atoms with Gasteiger partial charge in [-0.15, -0.1) is 0 Å². The smallest absolute Gasteiger partial charge is 0.228 e. The molecule has 0 saturated carbocycles. The molecule has 2 aromatic carbocycles. The van der Waals surface area contributed by atoms with Crippen LogP contribution in [0.4, 0.5) is 5.69 Å². The fraction of sp³-hybridized carbons (Fsp3) is 0.278. The third kappa shape index (κ3) is 2.34. The summed E-state index contributed by atoms with van der Waals surface area (Å²) in [6.45, 7) is 6.00. The minimum atomic E-state index is -0.662. The van der Waals surface area contributed by atoms with E-state index in [-0.39, 0.29) is 5.91 Å². The summed E-state index contributed by atoms with van der Waals surface area (Å²) in [5.74, 6) is 0.0229. The van der Waals surface area contributed by atoms with Crippen molar-refractivity contribution in [3.05, 3.63) is 63.7 Å². The Morgan fingerprint density at radius 3 is 2.62 bits per heavy atom. The molecule has 1 unspecified atom stereocenters. The number of nitrogens with one attached hydrogen (secondary N) is 1. The number of aliphatic hydroxyl groups excluding tert-OH is 1. The van der Waals surface area contributed by atoms with Crippen LogP contribution in [0.15, 0.2) is 30.3 Å². The maximum atomic E-state index is 11.6. The van der Waals surface area contributed by atoms with Crippen LogP contribution < -0.4 is 5.32 Å². The molecule has 2 N–H and O–H groups in total. The van der Waals surface area contributed by atoms with Crippen molar-refractivity contribution in [2.45, 2.75) is 33.3 Å². The zero-order chi connectivity index (χ0) is 15.1. The molecule has 0 saturated heterocycles. The lowest BCUT2D eigenvalue weighted by Crippen LogP contribution is -2.06. The van der Waals surface area contributed by atoms with E-state index in [4.69, 9.17) is 0 Å². The number of carbonyl (C=O) groups excluding carboxylic acids is 1. The topological polar surface area (TPSA) is 49.3 Å². The Labute approximate surface area is 124 Å². The van der Waals surface area contributed by atoms with Crippen LogP contribution in [-0.2, 0) is 11.2 Å². The van der Waals surface area contributed by atoms with E-state index in [1.54, 1.807) is 0 Å². The number of fused-ring (bicyclic) bond motifs is 1. The Balaban J connectivity index is 2.09. The van der Waals surface area contributed by atoms with Crippen LogP contribution in [0.25, 0.3) is 0 Å². The van der Waals surface area contributed by atoms with Gasteiger partial charge in [-0.25, -0.2) is 0 Å². The number of carbonyl (C=O) groups is 1. The van der Waals surface area contributed by atoms with Crippen LogP contribution in [0.2, 0.25) is 0 Å². The lowest BCUT2D eigenvalue weighted by atomic mass is 9.91. The summed E-state index contributed by atoms with van der Waals surface area (Å²) in [7, 11) is 0.